The number of nitrogens with zero attached hydrogens (tertiary/aromatic N) is 1. The molecule has 0 aliphatic heterocycles. The van der Waals surface area contributed by atoms with Crippen LogP contribution in [0.4, 0.5) is 0 Å². The zero-order valence-electron chi connectivity index (χ0n) is 41.6. The number of rotatable bonds is 48. The second kappa shape index (κ2) is 44.9. The first-order chi connectivity index (χ1) is 30.0. The van der Waals surface area contributed by atoms with E-state index in [1.165, 1.54) is 180 Å². The van der Waals surface area contributed by atoms with Gasteiger partial charge in [0.2, 0.25) is 5.91 Å². The molecule has 0 spiro atoms. The van der Waals surface area contributed by atoms with Crippen LogP contribution in [0.3, 0.4) is 0 Å². The lowest BCUT2D eigenvalue weighted by Crippen LogP contribution is -2.45. The first-order valence-corrected chi connectivity index (χ1v) is 27.9. The number of quaternary nitrogens is 1. The molecule has 0 bridgehead atoms. The third-order valence-electron chi connectivity index (χ3n) is 11.8. The maximum absolute atomic E-state index is 12.9. The van der Waals surface area contributed by atoms with E-state index in [1.807, 2.05) is 27.2 Å². The average Bonchev–Trinajstić information content (AvgIpc) is 3.23. The van der Waals surface area contributed by atoms with Crippen LogP contribution in [0.2, 0.25) is 0 Å². The number of phosphoric ester groups is 1. The van der Waals surface area contributed by atoms with Crippen molar-refractivity contribution in [3.63, 3.8) is 0 Å². The molecule has 366 valence electrons. The molecule has 0 aromatic rings. The second-order valence-electron chi connectivity index (χ2n) is 19.2. The largest absolute Gasteiger partial charge is 0.472 e. The van der Waals surface area contributed by atoms with Crippen molar-refractivity contribution in [1.82, 2.24) is 5.32 Å². The molecule has 0 saturated carbocycles. The van der Waals surface area contributed by atoms with Gasteiger partial charge in [-0.3, -0.25) is 13.8 Å². The highest BCUT2D eigenvalue weighted by atomic mass is 31.2. The minimum atomic E-state index is -4.35. The number of aliphatic hydroxyl groups is 1. The summed E-state index contributed by atoms with van der Waals surface area (Å²) >= 11 is 0. The van der Waals surface area contributed by atoms with Crippen LogP contribution >= 0.6 is 7.82 Å². The number of unbranched alkanes of at least 4 members (excludes halogenated alkanes) is 31. The van der Waals surface area contributed by atoms with Crippen LogP contribution in [0, 0.1) is 0 Å². The predicted octanol–water partition coefficient (Wildman–Crippen LogP) is 15.4. The van der Waals surface area contributed by atoms with Gasteiger partial charge in [-0.25, -0.2) is 4.57 Å². The molecule has 0 aromatic heterocycles. The van der Waals surface area contributed by atoms with E-state index in [9.17, 15) is 19.4 Å². The number of hydrogen-bond acceptors (Lipinski definition) is 5. The topological polar surface area (TPSA) is 105 Å². The smallest absolute Gasteiger partial charge is 0.387 e. The van der Waals surface area contributed by atoms with Gasteiger partial charge in [-0.15, -0.1) is 0 Å². The third kappa shape index (κ3) is 46.7. The molecular weight excluding hydrogens is 792 g/mol. The summed E-state index contributed by atoms with van der Waals surface area (Å²) in [7, 11) is 1.55. The molecule has 1 amide bonds. The monoisotopic (exact) mass is 896 g/mol. The molecule has 9 heteroatoms. The van der Waals surface area contributed by atoms with Crippen LogP contribution in [0.25, 0.3) is 0 Å². The van der Waals surface area contributed by atoms with Crippen molar-refractivity contribution in [2.24, 2.45) is 0 Å². The minimum absolute atomic E-state index is 0.0549. The van der Waals surface area contributed by atoms with Crippen molar-refractivity contribution in [3.8, 4) is 0 Å². The Hall–Kier alpha value is -1.28. The Bertz CT molecular complexity index is 1110. The molecule has 62 heavy (non-hydrogen) atoms. The van der Waals surface area contributed by atoms with E-state index in [2.05, 4.69) is 43.5 Å². The fourth-order valence-electron chi connectivity index (χ4n) is 7.66. The maximum Gasteiger partial charge on any atom is 0.472 e. The summed E-state index contributed by atoms with van der Waals surface area (Å²) in [6.45, 7) is 4.81. The number of hydrogen-bond donors (Lipinski definition) is 3. The van der Waals surface area contributed by atoms with Crippen LogP contribution in [0.15, 0.2) is 36.5 Å². The second-order valence-corrected chi connectivity index (χ2v) is 20.7. The summed E-state index contributed by atoms with van der Waals surface area (Å²) < 4.78 is 23.6. The number of nitrogens with one attached hydrogen (secondary N) is 1. The quantitative estimate of drug-likeness (QED) is 0.0243. The van der Waals surface area contributed by atoms with Gasteiger partial charge in [-0.2, -0.15) is 0 Å². The molecule has 0 aliphatic rings. The molecule has 0 radical (unpaired) electrons. The normalized spacial score (nSPS) is 14.4. The summed E-state index contributed by atoms with van der Waals surface area (Å²) in [5, 5.41) is 13.9. The minimum Gasteiger partial charge on any atom is -0.387 e. The molecule has 0 heterocycles. The van der Waals surface area contributed by atoms with Crippen molar-refractivity contribution in [2.45, 2.75) is 257 Å². The van der Waals surface area contributed by atoms with Crippen molar-refractivity contribution >= 4 is 13.7 Å². The lowest BCUT2D eigenvalue weighted by molar-refractivity contribution is -0.870. The predicted molar refractivity (Wildman–Crippen MR) is 268 cm³/mol. The van der Waals surface area contributed by atoms with Crippen molar-refractivity contribution in [3.05, 3.63) is 36.5 Å². The molecule has 3 unspecified atom stereocenters. The fourth-order valence-corrected chi connectivity index (χ4v) is 8.40. The summed E-state index contributed by atoms with van der Waals surface area (Å²) in [6.07, 6.45) is 56.6. The number of aliphatic hydroxyl groups excluding tert-OH is 1. The molecule has 0 saturated heterocycles. The molecule has 3 N–H and O–H groups in total. The van der Waals surface area contributed by atoms with Crippen LogP contribution in [-0.4, -0.2) is 73.4 Å². The highest BCUT2D eigenvalue weighted by Crippen LogP contribution is 2.43. The van der Waals surface area contributed by atoms with E-state index in [1.54, 1.807) is 6.08 Å². The van der Waals surface area contributed by atoms with Gasteiger partial charge in [-0.05, 0) is 44.9 Å². The van der Waals surface area contributed by atoms with Crippen molar-refractivity contribution < 1.29 is 32.9 Å². The zero-order chi connectivity index (χ0) is 45.7. The van der Waals surface area contributed by atoms with Gasteiger partial charge in [0.1, 0.15) is 13.2 Å². The third-order valence-corrected chi connectivity index (χ3v) is 12.8. The molecule has 0 fully saturated rings. The number of phosphoric acid groups is 1. The van der Waals surface area contributed by atoms with Gasteiger partial charge in [0.05, 0.1) is 39.9 Å². The Morgan fingerprint density at radius 3 is 1.29 bits per heavy atom. The number of allylic oxidation sites excluding steroid dienone is 5. The van der Waals surface area contributed by atoms with E-state index < -0.39 is 20.0 Å². The van der Waals surface area contributed by atoms with Gasteiger partial charge in [0, 0.05) is 6.42 Å². The molecule has 0 aromatic carbocycles. The number of amides is 1. The Labute approximate surface area is 385 Å². The summed E-state index contributed by atoms with van der Waals surface area (Å²) in [6, 6.07) is -0.867. The van der Waals surface area contributed by atoms with Gasteiger partial charge in [0.15, 0.2) is 0 Å². The number of carbonyl (C=O) groups is 1. The van der Waals surface area contributed by atoms with E-state index in [0.717, 1.165) is 44.9 Å². The van der Waals surface area contributed by atoms with Crippen molar-refractivity contribution in [1.29, 1.82) is 0 Å². The van der Waals surface area contributed by atoms with E-state index >= 15 is 0 Å². The summed E-state index contributed by atoms with van der Waals surface area (Å²) in [5.74, 6) is -0.188. The molecule has 0 rings (SSSR count). The van der Waals surface area contributed by atoms with E-state index in [0.29, 0.717) is 17.4 Å². The first-order valence-electron chi connectivity index (χ1n) is 26.4. The molecule has 3 atom stereocenters. The summed E-state index contributed by atoms with van der Waals surface area (Å²) in [4.78, 5) is 23.2. The van der Waals surface area contributed by atoms with Crippen LogP contribution in [-0.2, 0) is 18.4 Å². The Balaban J connectivity index is 4.35. The Kier molecular flexibility index (Phi) is 44.0. The van der Waals surface area contributed by atoms with Gasteiger partial charge >= 0.3 is 7.82 Å². The standard InChI is InChI=1S/C53H103N2O6P/c1-6-8-10-12-14-16-18-20-22-24-25-26-27-28-29-31-32-34-36-38-40-42-44-46-52(56)51(50-61-62(58,59)60-49-48-55(3,4)5)54-53(57)47-45-43-41-39-37-35-33-30-23-21-19-17-15-13-11-9-7-2/h29,31,36,38,44,46,51-52,56H,6-28,30,32-35,37,39-43,45,47-50H2,1-5H3,(H-,54,57,58,59)/p+1/b31-29+,38-36+,46-44+. The van der Waals surface area contributed by atoms with Gasteiger partial charge in [0.25, 0.3) is 0 Å². The molecule has 0 aliphatic carbocycles. The highest BCUT2D eigenvalue weighted by molar-refractivity contribution is 7.47. The SMILES string of the molecule is CCCCCCCCCCCCCCC/C=C/CC/C=C/CC/C=C/C(O)C(COP(=O)(O)OCC[N+](C)(C)C)NC(=O)CCCCCCCCCCCCCCCCCCC. The van der Waals surface area contributed by atoms with Crippen molar-refractivity contribution in [2.75, 3.05) is 40.9 Å². The van der Waals surface area contributed by atoms with Crippen LogP contribution in [0.1, 0.15) is 245 Å². The van der Waals surface area contributed by atoms with Crippen LogP contribution < -0.4 is 5.32 Å². The maximum atomic E-state index is 12.9. The van der Waals surface area contributed by atoms with Crippen LogP contribution in [0.5, 0.6) is 0 Å². The molecule has 8 nitrogen and oxygen atoms in total. The van der Waals surface area contributed by atoms with Gasteiger partial charge in [-0.1, -0.05) is 230 Å². The number of carbonyl (C=O) groups excluding carboxylic acids is 1. The average molecular weight is 896 g/mol. The number of likely N-dealkylation sites (N-methyl/N-ethyl adjacent to an activating group) is 1. The molecular formula is C53H104N2O6P+. The lowest BCUT2D eigenvalue weighted by atomic mass is 10.0. The van der Waals surface area contributed by atoms with Gasteiger partial charge < -0.3 is 19.8 Å². The Morgan fingerprint density at radius 2 is 0.887 bits per heavy atom. The van der Waals surface area contributed by atoms with E-state index in [4.69, 9.17) is 9.05 Å². The first kappa shape index (κ1) is 60.7. The zero-order valence-corrected chi connectivity index (χ0v) is 42.5. The lowest BCUT2D eigenvalue weighted by Gasteiger charge is -2.25. The Morgan fingerprint density at radius 1 is 0.532 bits per heavy atom. The van der Waals surface area contributed by atoms with E-state index in [-0.39, 0.29) is 19.1 Å². The fraction of sp³-hybridized carbons (Fsp3) is 0.868. The summed E-state index contributed by atoms with van der Waals surface area (Å²) in [5.41, 5.74) is 0. The highest BCUT2D eigenvalue weighted by Gasteiger charge is 2.27.